The number of ether oxygens (including phenoxy) is 1. The Kier molecular flexibility index (Phi) is 2.94. The van der Waals surface area contributed by atoms with Crippen LogP contribution in [0.3, 0.4) is 0 Å². The van der Waals surface area contributed by atoms with Crippen LogP contribution in [0, 0.1) is 5.92 Å². The molecule has 0 aromatic rings. The maximum Gasteiger partial charge on any atom is 0.0758 e. The maximum atomic E-state index is 5.50. The molecular weight excluding hydrogens is 124 g/mol. The van der Waals surface area contributed by atoms with Crippen molar-refractivity contribution in [1.29, 1.82) is 0 Å². The van der Waals surface area contributed by atoms with Gasteiger partial charge < -0.3 is 4.74 Å². The largest absolute Gasteiger partial charge is 0.374 e. The normalized spacial score (nSPS) is 25.7. The van der Waals surface area contributed by atoms with Crippen LogP contribution < -0.4 is 0 Å². The Labute approximate surface area is 63.1 Å². The molecule has 1 aliphatic rings. The van der Waals surface area contributed by atoms with Crippen LogP contribution in [-0.4, -0.2) is 12.7 Å². The molecule has 0 aliphatic carbocycles. The summed E-state index contributed by atoms with van der Waals surface area (Å²) in [6, 6.07) is 0. The minimum absolute atomic E-state index is 0.397. The van der Waals surface area contributed by atoms with E-state index in [2.05, 4.69) is 26.0 Å². The van der Waals surface area contributed by atoms with E-state index >= 15 is 0 Å². The maximum absolute atomic E-state index is 5.50. The van der Waals surface area contributed by atoms with Crippen LogP contribution >= 0.6 is 0 Å². The Morgan fingerprint density at radius 3 is 2.90 bits per heavy atom. The van der Waals surface area contributed by atoms with E-state index in [9.17, 15) is 0 Å². The third-order valence-electron chi connectivity index (χ3n) is 1.67. The topological polar surface area (TPSA) is 9.23 Å². The second-order valence-corrected chi connectivity index (χ2v) is 3.26. The van der Waals surface area contributed by atoms with Crippen LogP contribution in [0.4, 0.5) is 0 Å². The first-order valence-corrected chi connectivity index (χ1v) is 4.07. The Balaban J connectivity index is 2.26. The van der Waals surface area contributed by atoms with Gasteiger partial charge in [-0.05, 0) is 18.8 Å². The zero-order valence-electron chi connectivity index (χ0n) is 6.84. The Morgan fingerprint density at radius 1 is 1.60 bits per heavy atom. The quantitative estimate of drug-likeness (QED) is 0.535. The second-order valence-electron chi connectivity index (χ2n) is 3.26. The lowest BCUT2D eigenvalue weighted by atomic mass is 10.0. The van der Waals surface area contributed by atoms with Crippen molar-refractivity contribution in [2.24, 2.45) is 5.92 Å². The first-order valence-electron chi connectivity index (χ1n) is 4.07. The highest BCUT2D eigenvalue weighted by molar-refractivity contribution is 4.93. The first kappa shape index (κ1) is 7.80. The van der Waals surface area contributed by atoms with E-state index in [-0.39, 0.29) is 0 Å². The monoisotopic (exact) mass is 140 g/mol. The molecule has 1 unspecified atom stereocenters. The molecule has 0 spiro atoms. The van der Waals surface area contributed by atoms with Crippen molar-refractivity contribution in [3.8, 4) is 0 Å². The fourth-order valence-electron chi connectivity index (χ4n) is 1.20. The standard InChI is InChI=1S/C9H16O/c1-8(2)7-9-5-3-4-6-10-9/h3,5,8-9H,4,6-7H2,1-2H3. The molecule has 1 atom stereocenters. The lowest BCUT2D eigenvalue weighted by Crippen LogP contribution is -2.16. The van der Waals surface area contributed by atoms with E-state index < -0.39 is 0 Å². The first-order chi connectivity index (χ1) is 4.79. The van der Waals surface area contributed by atoms with Gasteiger partial charge in [-0.3, -0.25) is 0 Å². The molecule has 0 amide bonds. The summed E-state index contributed by atoms with van der Waals surface area (Å²) in [7, 11) is 0. The summed E-state index contributed by atoms with van der Waals surface area (Å²) in [5.41, 5.74) is 0. The predicted molar refractivity (Wildman–Crippen MR) is 43.0 cm³/mol. The van der Waals surface area contributed by atoms with Crippen LogP contribution in [0.25, 0.3) is 0 Å². The summed E-state index contributed by atoms with van der Waals surface area (Å²) in [5, 5.41) is 0. The molecule has 1 heterocycles. The van der Waals surface area contributed by atoms with Crippen molar-refractivity contribution in [2.45, 2.75) is 32.8 Å². The summed E-state index contributed by atoms with van der Waals surface area (Å²) in [6.45, 7) is 5.37. The van der Waals surface area contributed by atoms with Gasteiger partial charge >= 0.3 is 0 Å². The molecule has 10 heavy (non-hydrogen) atoms. The van der Waals surface area contributed by atoms with Gasteiger partial charge in [0.2, 0.25) is 0 Å². The Bertz CT molecular complexity index is 116. The van der Waals surface area contributed by atoms with Crippen LogP contribution in [0.1, 0.15) is 26.7 Å². The smallest absolute Gasteiger partial charge is 0.0758 e. The van der Waals surface area contributed by atoms with Gasteiger partial charge in [0.15, 0.2) is 0 Å². The van der Waals surface area contributed by atoms with Crippen molar-refractivity contribution in [3.63, 3.8) is 0 Å². The summed E-state index contributed by atoms with van der Waals surface area (Å²) in [4.78, 5) is 0. The Morgan fingerprint density at radius 2 is 2.40 bits per heavy atom. The molecule has 0 fully saturated rings. The van der Waals surface area contributed by atoms with E-state index in [1.54, 1.807) is 0 Å². The van der Waals surface area contributed by atoms with Crippen LogP contribution in [0.15, 0.2) is 12.2 Å². The van der Waals surface area contributed by atoms with Crippen molar-refractivity contribution in [3.05, 3.63) is 12.2 Å². The summed E-state index contributed by atoms with van der Waals surface area (Å²) in [5.74, 6) is 0.743. The minimum atomic E-state index is 0.397. The number of hydrogen-bond donors (Lipinski definition) is 0. The van der Waals surface area contributed by atoms with E-state index in [0.717, 1.165) is 25.4 Å². The summed E-state index contributed by atoms with van der Waals surface area (Å²) < 4.78 is 5.50. The van der Waals surface area contributed by atoms with Crippen molar-refractivity contribution in [2.75, 3.05) is 6.61 Å². The highest BCUT2D eigenvalue weighted by Crippen LogP contribution is 2.13. The molecule has 0 saturated carbocycles. The molecule has 0 N–H and O–H groups in total. The van der Waals surface area contributed by atoms with Gasteiger partial charge in [0.25, 0.3) is 0 Å². The second kappa shape index (κ2) is 3.77. The molecule has 1 heteroatoms. The molecule has 0 radical (unpaired) electrons. The molecule has 1 rings (SSSR count). The van der Waals surface area contributed by atoms with Gasteiger partial charge in [-0.2, -0.15) is 0 Å². The van der Waals surface area contributed by atoms with Crippen molar-refractivity contribution in [1.82, 2.24) is 0 Å². The van der Waals surface area contributed by atoms with Crippen molar-refractivity contribution < 1.29 is 4.74 Å². The van der Waals surface area contributed by atoms with E-state index in [1.807, 2.05) is 0 Å². The molecule has 1 nitrogen and oxygen atoms in total. The summed E-state index contributed by atoms with van der Waals surface area (Å²) >= 11 is 0. The van der Waals surface area contributed by atoms with Gasteiger partial charge in [0.05, 0.1) is 12.7 Å². The molecule has 58 valence electrons. The third-order valence-corrected chi connectivity index (χ3v) is 1.67. The van der Waals surface area contributed by atoms with Gasteiger partial charge in [-0.15, -0.1) is 0 Å². The van der Waals surface area contributed by atoms with E-state index in [1.165, 1.54) is 0 Å². The molecule has 0 aromatic heterocycles. The number of rotatable bonds is 2. The van der Waals surface area contributed by atoms with Crippen molar-refractivity contribution >= 4 is 0 Å². The molecular formula is C9H16O. The van der Waals surface area contributed by atoms with Gasteiger partial charge in [-0.25, -0.2) is 0 Å². The SMILES string of the molecule is CC(C)CC1C=CCCO1. The zero-order chi connectivity index (χ0) is 7.40. The molecule has 0 bridgehead atoms. The highest BCUT2D eigenvalue weighted by Gasteiger charge is 2.09. The predicted octanol–water partition coefficient (Wildman–Crippen LogP) is 2.38. The fourth-order valence-corrected chi connectivity index (χ4v) is 1.20. The van der Waals surface area contributed by atoms with Gasteiger partial charge in [0.1, 0.15) is 0 Å². The number of hydrogen-bond acceptors (Lipinski definition) is 1. The van der Waals surface area contributed by atoms with Gasteiger partial charge in [-0.1, -0.05) is 26.0 Å². The lowest BCUT2D eigenvalue weighted by Gasteiger charge is -2.18. The van der Waals surface area contributed by atoms with E-state index in [4.69, 9.17) is 4.74 Å². The molecule has 0 saturated heterocycles. The van der Waals surface area contributed by atoms with Crippen LogP contribution in [0.5, 0.6) is 0 Å². The third kappa shape index (κ3) is 2.53. The van der Waals surface area contributed by atoms with Gasteiger partial charge in [0, 0.05) is 0 Å². The van der Waals surface area contributed by atoms with Crippen LogP contribution in [-0.2, 0) is 4.74 Å². The zero-order valence-corrected chi connectivity index (χ0v) is 6.84. The highest BCUT2D eigenvalue weighted by atomic mass is 16.5. The minimum Gasteiger partial charge on any atom is -0.374 e. The fraction of sp³-hybridized carbons (Fsp3) is 0.778. The lowest BCUT2D eigenvalue weighted by molar-refractivity contribution is 0.0660. The summed E-state index contributed by atoms with van der Waals surface area (Å²) in [6.07, 6.45) is 7.05. The molecule has 1 aliphatic heterocycles. The van der Waals surface area contributed by atoms with Crippen LogP contribution in [0.2, 0.25) is 0 Å². The Hall–Kier alpha value is -0.300. The average molecular weight is 140 g/mol. The molecule has 0 aromatic carbocycles. The van der Waals surface area contributed by atoms with E-state index in [0.29, 0.717) is 6.10 Å². The average Bonchev–Trinajstić information content (AvgIpc) is 1.88.